The van der Waals surface area contributed by atoms with Crippen LogP contribution < -0.4 is 11.3 Å². The summed E-state index contributed by atoms with van der Waals surface area (Å²) >= 11 is 0. The van der Waals surface area contributed by atoms with Crippen molar-refractivity contribution in [1.82, 2.24) is 9.55 Å². The molecule has 0 bridgehead atoms. The highest BCUT2D eigenvalue weighted by Gasteiger charge is 2.45. The Bertz CT molecular complexity index is 1500. The maximum absolute atomic E-state index is 14.5. The monoisotopic (exact) mass is 455 g/mol. The van der Waals surface area contributed by atoms with Gasteiger partial charge in [-0.1, -0.05) is 6.92 Å². The number of rotatable bonds is 1. The lowest BCUT2D eigenvalue weighted by Gasteiger charge is -2.31. The number of fused-ring (bicyclic) bond motifs is 5. The van der Waals surface area contributed by atoms with Crippen molar-refractivity contribution in [3.63, 3.8) is 0 Å². The molecule has 2 atom stereocenters. The first-order valence-corrected chi connectivity index (χ1v) is 11.6. The van der Waals surface area contributed by atoms with Crippen LogP contribution in [0.3, 0.4) is 0 Å². The Balaban J connectivity index is 1.69. The molecular weight excluding hydrogens is 437 g/mol. The van der Waals surface area contributed by atoms with Gasteiger partial charge in [-0.3, -0.25) is 9.00 Å². The van der Waals surface area contributed by atoms with E-state index in [0.29, 0.717) is 34.5 Å². The number of halogens is 1. The number of ether oxygens (including phenoxy) is 1. The summed E-state index contributed by atoms with van der Waals surface area (Å²) in [5, 5.41) is 11.6. The van der Waals surface area contributed by atoms with Crippen LogP contribution in [-0.2, 0) is 45.5 Å². The van der Waals surface area contributed by atoms with Gasteiger partial charge in [-0.2, -0.15) is 0 Å². The van der Waals surface area contributed by atoms with E-state index in [1.54, 1.807) is 13.0 Å². The van der Waals surface area contributed by atoms with Crippen molar-refractivity contribution in [3.05, 3.63) is 50.6 Å². The van der Waals surface area contributed by atoms with Crippen molar-refractivity contribution < 1.29 is 23.2 Å². The van der Waals surface area contributed by atoms with E-state index in [1.807, 2.05) is 0 Å². The predicted molar refractivity (Wildman–Crippen MR) is 114 cm³/mol. The first kappa shape index (κ1) is 19.6. The van der Waals surface area contributed by atoms with E-state index < -0.39 is 28.2 Å². The topological polar surface area (TPSA) is 125 Å². The van der Waals surface area contributed by atoms with Gasteiger partial charge in [0.1, 0.15) is 12.4 Å². The lowest BCUT2D eigenvalue weighted by molar-refractivity contribution is -0.172. The minimum atomic E-state index is -1.92. The van der Waals surface area contributed by atoms with Crippen LogP contribution in [0.4, 0.5) is 10.1 Å². The molecule has 32 heavy (non-hydrogen) atoms. The summed E-state index contributed by atoms with van der Waals surface area (Å²) in [5.74, 6) is -1.18. The minimum Gasteiger partial charge on any atom is -0.458 e. The van der Waals surface area contributed by atoms with Gasteiger partial charge in [0.2, 0.25) is 0 Å². The normalized spacial score (nSPS) is 23.0. The highest BCUT2D eigenvalue weighted by atomic mass is 32.2. The highest BCUT2D eigenvalue weighted by Crippen LogP contribution is 2.43. The van der Waals surface area contributed by atoms with E-state index in [2.05, 4.69) is 4.98 Å². The Kier molecular flexibility index (Phi) is 3.81. The van der Waals surface area contributed by atoms with E-state index in [4.69, 9.17) is 10.5 Å². The van der Waals surface area contributed by atoms with Crippen molar-refractivity contribution in [2.75, 3.05) is 11.5 Å². The standard InChI is InChI=1S/C22H18FN3O5S/c1-2-22(29)12-5-15-18-10(7-26(15)20(27)11(12)8-31-21(22)28)9-3-4-32(30)19-16(9)14(25-18)6-13(23)17(19)24/h5-6,29H,2-4,7-8,24H2,1H3/t22-,32?/m0/s1. The molecule has 3 aromatic rings. The Morgan fingerprint density at radius 1 is 1.31 bits per heavy atom. The molecule has 2 aromatic heterocycles. The van der Waals surface area contributed by atoms with Gasteiger partial charge >= 0.3 is 5.97 Å². The largest absolute Gasteiger partial charge is 0.458 e. The van der Waals surface area contributed by atoms with Crippen LogP contribution in [0.1, 0.15) is 35.6 Å². The number of nitrogen functional groups attached to an aromatic ring is 1. The van der Waals surface area contributed by atoms with Crippen molar-refractivity contribution in [2.45, 2.75) is 43.4 Å². The Morgan fingerprint density at radius 2 is 2.09 bits per heavy atom. The van der Waals surface area contributed by atoms with Crippen molar-refractivity contribution >= 4 is 33.4 Å². The minimum absolute atomic E-state index is 0.0463. The van der Waals surface area contributed by atoms with Crippen LogP contribution in [-0.4, -0.2) is 30.6 Å². The molecule has 0 spiro atoms. The molecule has 3 aliphatic rings. The fourth-order valence-electron chi connectivity index (χ4n) is 5.09. The van der Waals surface area contributed by atoms with Gasteiger partial charge in [-0.05, 0) is 24.5 Å². The zero-order valence-corrected chi connectivity index (χ0v) is 17.8. The number of aromatic nitrogens is 2. The van der Waals surface area contributed by atoms with Crippen molar-refractivity contribution in [1.29, 1.82) is 0 Å². The number of aliphatic hydroxyl groups is 1. The van der Waals surface area contributed by atoms with Gasteiger partial charge in [0, 0.05) is 28.3 Å². The van der Waals surface area contributed by atoms with Crippen LogP contribution in [0.25, 0.3) is 22.3 Å². The smallest absolute Gasteiger partial charge is 0.343 e. The summed E-state index contributed by atoms with van der Waals surface area (Å²) in [6, 6.07) is 2.84. The van der Waals surface area contributed by atoms with Gasteiger partial charge in [0.05, 0.1) is 50.4 Å². The summed E-state index contributed by atoms with van der Waals surface area (Å²) in [4.78, 5) is 30.5. The lowest BCUT2D eigenvalue weighted by atomic mass is 9.86. The van der Waals surface area contributed by atoms with E-state index >= 15 is 0 Å². The summed E-state index contributed by atoms with van der Waals surface area (Å²) < 4.78 is 33.8. The number of nitrogens with zero attached hydrogens (tertiary/aromatic N) is 2. The van der Waals surface area contributed by atoms with E-state index in [1.165, 1.54) is 10.6 Å². The molecule has 10 heteroatoms. The second kappa shape index (κ2) is 6.23. The molecule has 164 valence electrons. The van der Waals surface area contributed by atoms with Crippen LogP contribution in [0.2, 0.25) is 0 Å². The van der Waals surface area contributed by atoms with Crippen molar-refractivity contribution in [3.8, 4) is 11.4 Å². The van der Waals surface area contributed by atoms with Crippen LogP contribution in [0, 0.1) is 5.82 Å². The predicted octanol–water partition coefficient (Wildman–Crippen LogP) is 1.46. The summed E-state index contributed by atoms with van der Waals surface area (Å²) in [6.45, 7) is 1.66. The quantitative estimate of drug-likeness (QED) is 0.329. The zero-order chi connectivity index (χ0) is 22.5. The van der Waals surface area contributed by atoms with Crippen molar-refractivity contribution in [2.24, 2.45) is 0 Å². The molecule has 0 aliphatic carbocycles. The molecule has 6 rings (SSSR count). The first-order chi connectivity index (χ1) is 15.3. The number of aryl methyl sites for hydroxylation is 1. The molecule has 8 nitrogen and oxygen atoms in total. The molecule has 0 fully saturated rings. The zero-order valence-electron chi connectivity index (χ0n) is 17.0. The Hall–Kier alpha value is -3.11. The Labute approximate surface area is 183 Å². The number of cyclic esters (lactones) is 1. The van der Waals surface area contributed by atoms with Crippen LogP contribution >= 0.6 is 0 Å². The second-order valence-corrected chi connectivity index (χ2v) is 9.82. The van der Waals surface area contributed by atoms with Crippen LogP contribution in [0.5, 0.6) is 0 Å². The molecule has 0 radical (unpaired) electrons. The number of carbonyl (C=O) groups excluding carboxylic acids is 1. The van der Waals surface area contributed by atoms with E-state index in [0.717, 1.165) is 11.1 Å². The molecule has 1 aromatic carbocycles. The SMILES string of the molecule is CC[C@@]1(O)C(=O)OCc2c1cc1n(c2=O)Cc2c-1nc1cc(F)c(N)c3c1c2CCS3=O. The fraction of sp³-hybridized carbons (Fsp3) is 0.318. The number of anilines is 1. The Morgan fingerprint density at radius 3 is 2.84 bits per heavy atom. The van der Waals surface area contributed by atoms with Gasteiger partial charge < -0.3 is 20.1 Å². The molecular formula is C22H18FN3O5S. The van der Waals surface area contributed by atoms with Gasteiger partial charge in [0.25, 0.3) is 5.56 Å². The van der Waals surface area contributed by atoms with E-state index in [9.17, 15) is 23.3 Å². The molecule has 1 unspecified atom stereocenters. The van der Waals surface area contributed by atoms with Gasteiger partial charge in [0.15, 0.2) is 5.60 Å². The molecule has 0 saturated heterocycles. The highest BCUT2D eigenvalue weighted by molar-refractivity contribution is 7.85. The number of hydrogen-bond donors (Lipinski definition) is 2. The van der Waals surface area contributed by atoms with Crippen LogP contribution in [0.15, 0.2) is 21.8 Å². The lowest BCUT2D eigenvalue weighted by Crippen LogP contribution is -2.44. The number of hydrogen-bond acceptors (Lipinski definition) is 7. The summed E-state index contributed by atoms with van der Waals surface area (Å²) in [6.07, 6.45) is 0.527. The number of benzene rings is 1. The molecule has 0 amide bonds. The summed E-state index contributed by atoms with van der Waals surface area (Å²) in [7, 11) is -1.44. The average molecular weight is 455 g/mol. The number of pyridine rings is 2. The molecule has 0 saturated carbocycles. The fourth-order valence-corrected chi connectivity index (χ4v) is 6.49. The number of carbonyl (C=O) groups is 1. The summed E-state index contributed by atoms with van der Waals surface area (Å²) in [5.41, 5.74) is 6.87. The molecule has 3 aliphatic heterocycles. The third-order valence-corrected chi connectivity index (χ3v) is 8.25. The second-order valence-electron chi connectivity index (χ2n) is 8.32. The van der Waals surface area contributed by atoms with Gasteiger partial charge in [-0.25, -0.2) is 14.2 Å². The molecule has 3 N–H and O–H groups in total. The van der Waals surface area contributed by atoms with E-state index in [-0.39, 0.29) is 46.8 Å². The average Bonchev–Trinajstić information content (AvgIpc) is 3.14. The van der Waals surface area contributed by atoms with Gasteiger partial charge in [-0.15, -0.1) is 0 Å². The number of esters is 1. The maximum atomic E-state index is 14.5. The first-order valence-electron chi connectivity index (χ1n) is 10.2. The maximum Gasteiger partial charge on any atom is 0.343 e. The third kappa shape index (κ3) is 2.23. The third-order valence-electron chi connectivity index (χ3n) is 6.80. The number of nitrogens with two attached hydrogens (primary N) is 1. The molecule has 5 heterocycles.